The molecule has 1 amide bonds. The van der Waals surface area contributed by atoms with Gasteiger partial charge in [-0.2, -0.15) is 0 Å². The molecule has 3 rings (SSSR count). The normalized spacial score (nSPS) is 17.7. The number of aliphatic hydroxyl groups is 1. The van der Waals surface area contributed by atoms with Gasteiger partial charge in [0.1, 0.15) is 11.5 Å². The van der Waals surface area contributed by atoms with Crippen molar-refractivity contribution in [1.29, 1.82) is 0 Å². The van der Waals surface area contributed by atoms with Crippen LogP contribution in [0, 0.1) is 0 Å². The summed E-state index contributed by atoms with van der Waals surface area (Å²) in [6.45, 7) is 13.6. The molecule has 1 atom stereocenters. The molecule has 6 nitrogen and oxygen atoms in total. The third-order valence-electron chi connectivity index (χ3n) is 6.45. The molecule has 6 heteroatoms. The number of hydrogen-bond donors (Lipinski definition) is 1. The van der Waals surface area contributed by atoms with Crippen LogP contribution in [0.25, 0.3) is 5.76 Å². The molecule has 0 unspecified atom stereocenters. The van der Waals surface area contributed by atoms with Crippen LogP contribution in [0.4, 0.5) is 0 Å². The number of amides is 1. The highest BCUT2D eigenvalue weighted by molar-refractivity contribution is 6.46. The van der Waals surface area contributed by atoms with Crippen molar-refractivity contribution in [2.45, 2.75) is 46.6 Å². The zero-order valence-corrected chi connectivity index (χ0v) is 20.9. The molecule has 0 aliphatic carbocycles. The summed E-state index contributed by atoms with van der Waals surface area (Å²) in [7, 11) is 0. The molecule has 1 heterocycles. The molecule has 0 saturated carbocycles. The summed E-state index contributed by atoms with van der Waals surface area (Å²) in [6.07, 6.45) is 0. The van der Waals surface area contributed by atoms with Crippen molar-refractivity contribution in [3.8, 4) is 5.75 Å². The van der Waals surface area contributed by atoms with Gasteiger partial charge < -0.3 is 19.6 Å². The van der Waals surface area contributed by atoms with Crippen molar-refractivity contribution in [1.82, 2.24) is 9.80 Å². The van der Waals surface area contributed by atoms with Gasteiger partial charge >= 0.3 is 0 Å². The summed E-state index contributed by atoms with van der Waals surface area (Å²) in [5.41, 5.74) is 2.60. The van der Waals surface area contributed by atoms with Crippen LogP contribution in [-0.4, -0.2) is 59.4 Å². The van der Waals surface area contributed by atoms with Crippen molar-refractivity contribution in [2.24, 2.45) is 0 Å². The predicted molar refractivity (Wildman–Crippen MR) is 135 cm³/mol. The topological polar surface area (TPSA) is 70.1 Å². The minimum absolute atomic E-state index is 0.131. The Kier molecular flexibility index (Phi) is 8.51. The van der Waals surface area contributed by atoms with Gasteiger partial charge in [-0.25, -0.2) is 0 Å². The highest BCUT2D eigenvalue weighted by Gasteiger charge is 2.45. The molecule has 2 aromatic carbocycles. The molecule has 182 valence electrons. The summed E-state index contributed by atoms with van der Waals surface area (Å²) in [4.78, 5) is 30.1. The van der Waals surface area contributed by atoms with E-state index in [1.54, 1.807) is 29.2 Å². The lowest BCUT2D eigenvalue weighted by molar-refractivity contribution is -0.140. The number of rotatable bonds is 10. The molecule has 1 saturated heterocycles. The van der Waals surface area contributed by atoms with E-state index in [4.69, 9.17) is 4.74 Å². The first-order chi connectivity index (χ1) is 16.3. The third-order valence-corrected chi connectivity index (χ3v) is 6.45. The number of carbonyl (C=O) groups excluding carboxylic acids is 2. The van der Waals surface area contributed by atoms with Crippen molar-refractivity contribution in [2.75, 3.05) is 32.8 Å². The molecule has 1 N–H and O–H groups in total. The standard InChI is InChI=1S/C28H36N2O4/c1-6-29(7-2)17-18-30-25(21-11-9-20(10-12-21)19(4)5)24(27(32)28(30)33)26(31)22-13-15-23(16-14-22)34-8-3/h9-16,19,25,31H,6-8,17-18H2,1-5H3/t25-/m1/s1. The van der Waals surface area contributed by atoms with Gasteiger partial charge in [0.15, 0.2) is 0 Å². The quantitative estimate of drug-likeness (QED) is 0.305. The van der Waals surface area contributed by atoms with Crippen LogP contribution in [0.2, 0.25) is 0 Å². The second-order valence-electron chi connectivity index (χ2n) is 8.80. The second kappa shape index (κ2) is 11.3. The number of aliphatic hydroxyl groups excluding tert-OH is 1. The summed E-state index contributed by atoms with van der Waals surface area (Å²) in [5.74, 6) is -0.336. The van der Waals surface area contributed by atoms with Crippen LogP contribution in [0.3, 0.4) is 0 Å². The lowest BCUT2D eigenvalue weighted by Gasteiger charge is -2.28. The van der Waals surface area contributed by atoms with E-state index in [-0.39, 0.29) is 11.3 Å². The first-order valence-corrected chi connectivity index (χ1v) is 12.2. The molecular formula is C28H36N2O4. The lowest BCUT2D eigenvalue weighted by Crippen LogP contribution is -2.38. The lowest BCUT2D eigenvalue weighted by atomic mass is 9.93. The van der Waals surface area contributed by atoms with Crippen molar-refractivity contribution < 1.29 is 19.4 Å². The molecule has 1 fully saturated rings. The third kappa shape index (κ3) is 5.33. The fourth-order valence-corrected chi connectivity index (χ4v) is 4.34. The van der Waals surface area contributed by atoms with Gasteiger partial charge in [0.25, 0.3) is 11.7 Å². The Labute approximate surface area is 202 Å². The van der Waals surface area contributed by atoms with Gasteiger partial charge in [0.05, 0.1) is 18.2 Å². The summed E-state index contributed by atoms with van der Waals surface area (Å²) >= 11 is 0. The van der Waals surface area contributed by atoms with Gasteiger partial charge in [-0.3, -0.25) is 9.59 Å². The minimum atomic E-state index is -0.649. The van der Waals surface area contributed by atoms with E-state index in [2.05, 4.69) is 32.6 Å². The molecule has 0 radical (unpaired) electrons. The number of hydrogen-bond acceptors (Lipinski definition) is 5. The number of carbonyl (C=O) groups is 2. The number of ketones is 1. The van der Waals surface area contributed by atoms with Gasteiger partial charge in [0.2, 0.25) is 0 Å². The highest BCUT2D eigenvalue weighted by atomic mass is 16.5. The fourth-order valence-electron chi connectivity index (χ4n) is 4.34. The van der Waals surface area contributed by atoms with Crippen molar-refractivity contribution >= 4 is 17.4 Å². The number of likely N-dealkylation sites (tertiary alicyclic amines) is 1. The summed E-state index contributed by atoms with van der Waals surface area (Å²) < 4.78 is 5.49. The Morgan fingerprint density at radius 3 is 2.15 bits per heavy atom. The molecule has 0 spiro atoms. The number of nitrogens with zero attached hydrogens (tertiary/aromatic N) is 2. The molecule has 34 heavy (non-hydrogen) atoms. The van der Waals surface area contributed by atoms with E-state index in [0.29, 0.717) is 36.9 Å². The SMILES string of the molecule is CCOc1ccc(C(O)=C2C(=O)C(=O)N(CCN(CC)CC)[C@@H]2c2ccc(C(C)C)cc2)cc1. The van der Waals surface area contributed by atoms with Crippen molar-refractivity contribution in [3.63, 3.8) is 0 Å². The summed E-state index contributed by atoms with van der Waals surface area (Å²) in [6, 6.07) is 14.3. The van der Waals surface area contributed by atoms with Crippen LogP contribution in [0.1, 0.15) is 63.3 Å². The van der Waals surface area contributed by atoms with E-state index >= 15 is 0 Å². The van der Waals surface area contributed by atoms with Gasteiger partial charge in [-0.05, 0) is 61.3 Å². The number of benzene rings is 2. The minimum Gasteiger partial charge on any atom is -0.507 e. The van der Waals surface area contributed by atoms with E-state index in [1.165, 1.54) is 5.56 Å². The molecule has 1 aliphatic heterocycles. The zero-order chi connectivity index (χ0) is 24.8. The predicted octanol–water partition coefficient (Wildman–Crippen LogP) is 4.97. The van der Waals surface area contributed by atoms with E-state index in [0.717, 1.165) is 18.7 Å². The average Bonchev–Trinajstić information content (AvgIpc) is 3.10. The molecular weight excluding hydrogens is 428 g/mol. The first kappa shape index (κ1) is 25.5. The Morgan fingerprint density at radius 2 is 1.62 bits per heavy atom. The fraction of sp³-hybridized carbons (Fsp3) is 0.429. The molecule has 1 aliphatic rings. The first-order valence-electron chi connectivity index (χ1n) is 12.2. The van der Waals surface area contributed by atoms with Crippen LogP contribution >= 0.6 is 0 Å². The molecule has 2 aromatic rings. The van der Waals surface area contributed by atoms with Gasteiger partial charge in [0, 0.05) is 18.7 Å². The highest BCUT2D eigenvalue weighted by Crippen LogP contribution is 2.39. The Hall–Kier alpha value is -3.12. The van der Waals surface area contributed by atoms with Crippen LogP contribution in [-0.2, 0) is 9.59 Å². The van der Waals surface area contributed by atoms with Crippen LogP contribution < -0.4 is 4.74 Å². The van der Waals surface area contributed by atoms with Gasteiger partial charge in [-0.1, -0.05) is 52.0 Å². The maximum atomic E-state index is 13.2. The smallest absolute Gasteiger partial charge is 0.295 e. The van der Waals surface area contributed by atoms with E-state index in [1.807, 2.05) is 31.2 Å². The van der Waals surface area contributed by atoms with Gasteiger partial charge in [-0.15, -0.1) is 0 Å². The maximum Gasteiger partial charge on any atom is 0.295 e. The molecule has 0 aromatic heterocycles. The maximum absolute atomic E-state index is 13.2. The largest absolute Gasteiger partial charge is 0.507 e. The van der Waals surface area contributed by atoms with E-state index < -0.39 is 17.7 Å². The summed E-state index contributed by atoms with van der Waals surface area (Å²) in [5, 5.41) is 11.2. The number of likely N-dealkylation sites (N-methyl/N-ethyl adjacent to an activating group) is 1. The van der Waals surface area contributed by atoms with E-state index in [9.17, 15) is 14.7 Å². The van der Waals surface area contributed by atoms with Crippen LogP contribution in [0.15, 0.2) is 54.1 Å². The number of Topliss-reactive ketones (excluding diaryl/α,β-unsaturated/α-hetero) is 1. The van der Waals surface area contributed by atoms with Crippen LogP contribution in [0.5, 0.6) is 5.75 Å². The average molecular weight is 465 g/mol. The second-order valence-corrected chi connectivity index (χ2v) is 8.80. The monoisotopic (exact) mass is 464 g/mol. The number of ether oxygens (including phenoxy) is 1. The Bertz CT molecular complexity index is 1020. The molecule has 0 bridgehead atoms. The van der Waals surface area contributed by atoms with Crippen molar-refractivity contribution in [3.05, 3.63) is 70.8 Å². The zero-order valence-electron chi connectivity index (χ0n) is 20.9. The Balaban J connectivity index is 2.06. The Morgan fingerprint density at radius 1 is 1.00 bits per heavy atom.